The lowest BCUT2D eigenvalue weighted by atomic mass is 10.0. The van der Waals surface area contributed by atoms with Crippen LogP contribution in [0.3, 0.4) is 0 Å². The molecule has 0 saturated heterocycles. The highest BCUT2D eigenvalue weighted by molar-refractivity contribution is 5.83. The fourth-order valence-corrected chi connectivity index (χ4v) is 2.07. The van der Waals surface area contributed by atoms with Gasteiger partial charge in [0, 0.05) is 12.1 Å². The van der Waals surface area contributed by atoms with Crippen molar-refractivity contribution < 1.29 is 18.0 Å². The van der Waals surface area contributed by atoms with Gasteiger partial charge in [-0.1, -0.05) is 6.07 Å². The maximum atomic E-state index is 13.9. The van der Waals surface area contributed by atoms with E-state index < -0.39 is 23.6 Å². The molecule has 1 aromatic carbocycles. The third kappa shape index (κ3) is 3.46. The first-order valence-corrected chi connectivity index (χ1v) is 6.40. The Kier molecular flexibility index (Phi) is 4.70. The number of benzene rings is 1. The van der Waals surface area contributed by atoms with Crippen molar-refractivity contribution in [1.29, 1.82) is 0 Å². The zero-order valence-corrected chi connectivity index (χ0v) is 11.8. The molecule has 21 heavy (non-hydrogen) atoms. The van der Waals surface area contributed by atoms with Crippen LogP contribution in [0.4, 0.5) is 8.78 Å². The van der Waals surface area contributed by atoms with Gasteiger partial charge in [-0.3, -0.25) is 9.69 Å². The SMILES string of the molecule is CN(C)C(C(=O)NCc1ccoc1)c1c(F)cccc1F. The van der Waals surface area contributed by atoms with Crippen molar-refractivity contribution in [2.24, 2.45) is 0 Å². The summed E-state index contributed by atoms with van der Waals surface area (Å²) in [6.45, 7) is 0.232. The van der Waals surface area contributed by atoms with Crippen LogP contribution in [0.15, 0.2) is 41.2 Å². The van der Waals surface area contributed by atoms with Gasteiger partial charge in [-0.15, -0.1) is 0 Å². The van der Waals surface area contributed by atoms with E-state index in [1.165, 1.54) is 23.5 Å². The minimum atomic E-state index is -1.04. The molecular weight excluding hydrogens is 278 g/mol. The van der Waals surface area contributed by atoms with Crippen LogP contribution in [0.1, 0.15) is 17.2 Å². The Morgan fingerprint density at radius 2 is 1.95 bits per heavy atom. The molecule has 0 radical (unpaired) electrons. The minimum Gasteiger partial charge on any atom is -0.472 e. The van der Waals surface area contributed by atoms with Gasteiger partial charge in [0.25, 0.3) is 0 Å². The normalized spacial score (nSPS) is 12.4. The van der Waals surface area contributed by atoms with Gasteiger partial charge in [-0.2, -0.15) is 0 Å². The number of carbonyl (C=O) groups excluding carboxylic acids is 1. The van der Waals surface area contributed by atoms with Gasteiger partial charge >= 0.3 is 0 Å². The van der Waals surface area contributed by atoms with Gasteiger partial charge in [-0.05, 0) is 32.3 Å². The molecule has 1 aromatic heterocycles. The highest BCUT2D eigenvalue weighted by Gasteiger charge is 2.28. The van der Waals surface area contributed by atoms with Crippen molar-refractivity contribution in [2.75, 3.05) is 14.1 Å². The number of nitrogens with one attached hydrogen (secondary N) is 1. The van der Waals surface area contributed by atoms with E-state index in [1.807, 2.05) is 0 Å². The first-order valence-electron chi connectivity index (χ1n) is 6.40. The Morgan fingerprint density at radius 3 is 2.48 bits per heavy atom. The molecule has 2 aromatic rings. The lowest BCUT2D eigenvalue weighted by Crippen LogP contribution is -2.37. The van der Waals surface area contributed by atoms with Crippen molar-refractivity contribution in [3.05, 3.63) is 59.6 Å². The molecule has 2 rings (SSSR count). The van der Waals surface area contributed by atoms with Crippen molar-refractivity contribution in [1.82, 2.24) is 10.2 Å². The number of hydrogen-bond donors (Lipinski definition) is 1. The van der Waals surface area contributed by atoms with Crippen molar-refractivity contribution in [2.45, 2.75) is 12.6 Å². The van der Waals surface area contributed by atoms with E-state index in [2.05, 4.69) is 5.32 Å². The summed E-state index contributed by atoms with van der Waals surface area (Å²) in [5.41, 5.74) is 0.516. The van der Waals surface area contributed by atoms with Crippen LogP contribution in [0.2, 0.25) is 0 Å². The van der Waals surface area contributed by atoms with E-state index in [4.69, 9.17) is 4.42 Å². The quantitative estimate of drug-likeness (QED) is 0.921. The minimum absolute atomic E-state index is 0.232. The van der Waals surface area contributed by atoms with E-state index in [0.29, 0.717) is 0 Å². The zero-order valence-electron chi connectivity index (χ0n) is 11.8. The molecule has 0 spiro atoms. The third-order valence-corrected chi connectivity index (χ3v) is 3.08. The summed E-state index contributed by atoms with van der Waals surface area (Å²) in [4.78, 5) is 13.7. The first-order chi connectivity index (χ1) is 10.0. The molecule has 1 N–H and O–H groups in total. The average Bonchev–Trinajstić information content (AvgIpc) is 2.93. The topological polar surface area (TPSA) is 45.5 Å². The number of nitrogens with zero attached hydrogens (tertiary/aromatic N) is 1. The van der Waals surface area contributed by atoms with E-state index in [0.717, 1.165) is 17.7 Å². The van der Waals surface area contributed by atoms with Crippen LogP contribution >= 0.6 is 0 Å². The van der Waals surface area contributed by atoms with Gasteiger partial charge in [0.1, 0.15) is 17.7 Å². The molecule has 1 amide bonds. The molecule has 6 heteroatoms. The summed E-state index contributed by atoms with van der Waals surface area (Å²) in [5, 5.41) is 2.65. The Labute approximate surface area is 121 Å². The van der Waals surface area contributed by atoms with Gasteiger partial charge in [0.15, 0.2) is 0 Å². The van der Waals surface area contributed by atoms with E-state index in [-0.39, 0.29) is 12.1 Å². The Bertz CT molecular complexity index is 592. The van der Waals surface area contributed by atoms with Gasteiger partial charge in [-0.25, -0.2) is 8.78 Å². The molecule has 1 unspecified atom stereocenters. The molecular formula is C15H16F2N2O2. The molecule has 0 fully saturated rings. The number of furan rings is 1. The maximum Gasteiger partial charge on any atom is 0.242 e. The van der Waals surface area contributed by atoms with Gasteiger partial charge in [0.05, 0.1) is 18.1 Å². The predicted octanol–water partition coefficient (Wildman–Crippen LogP) is 2.48. The number of rotatable bonds is 5. The maximum absolute atomic E-state index is 13.9. The Hall–Kier alpha value is -2.21. The Morgan fingerprint density at radius 1 is 1.29 bits per heavy atom. The molecule has 0 aliphatic rings. The summed E-state index contributed by atoms with van der Waals surface area (Å²) < 4.78 is 32.6. The number of likely N-dealkylation sites (N-methyl/N-ethyl adjacent to an activating group) is 1. The lowest BCUT2D eigenvalue weighted by Gasteiger charge is -2.24. The van der Waals surface area contributed by atoms with Crippen LogP contribution < -0.4 is 5.32 Å². The smallest absolute Gasteiger partial charge is 0.242 e. The molecule has 0 aliphatic heterocycles. The number of carbonyl (C=O) groups is 1. The van der Waals surface area contributed by atoms with Crippen LogP contribution in [0.25, 0.3) is 0 Å². The Balaban J connectivity index is 2.20. The van der Waals surface area contributed by atoms with Crippen molar-refractivity contribution >= 4 is 5.91 Å². The summed E-state index contributed by atoms with van der Waals surface area (Å²) in [6.07, 6.45) is 2.98. The highest BCUT2D eigenvalue weighted by Crippen LogP contribution is 2.24. The number of hydrogen-bond acceptors (Lipinski definition) is 3. The lowest BCUT2D eigenvalue weighted by molar-refractivity contribution is -0.126. The largest absolute Gasteiger partial charge is 0.472 e. The summed E-state index contributed by atoms with van der Waals surface area (Å²) in [6, 6.07) is 4.20. The van der Waals surface area contributed by atoms with Crippen LogP contribution in [-0.4, -0.2) is 24.9 Å². The number of amides is 1. The van der Waals surface area contributed by atoms with E-state index in [9.17, 15) is 13.6 Å². The summed E-state index contributed by atoms with van der Waals surface area (Å²) in [7, 11) is 3.18. The zero-order chi connectivity index (χ0) is 15.4. The third-order valence-electron chi connectivity index (χ3n) is 3.08. The van der Waals surface area contributed by atoms with Crippen molar-refractivity contribution in [3.63, 3.8) is 0 Å². The van der Waals surface area contributed by atoms with E-state index in [1.54, 1.807) is 20.2 Å². The first kappa shape index (κ1) is 15.2. The molecule has 0 saturated carbocycles. The monoisotopic (exact) mass is 294 g/mol. The van der Waals surface area contributed by atoms with Gasteiger partial charge < -0.3 is 9.73 Å². The standard InChI is InChI=1S/C15H16F2N2O2/c1-19(2)14(13-11(16)4-3-5-12(13)17)15(20)18-8-10-6-7-21-9-10/h3-7,9,14H,8H2,1-2H3,(H,18,20). The molecule has 112 valence electrons. The van der Waals surface area contributed by atoms with Crippen molar-refractivity contribution in [3.8, 4) is 0 Å². The second-order valence-corrected chi connectivity index (χ2v) is 4.85. The second-order valence-electron chi connectivity index (χ2n) is 4.85. The fourth-order valence-electron chi connectivity index (χ4n) is 2.07. The van der Waals surface area contributed by atoms with Crippen LogP contribution in [0, 0.1) is 11.6 Å². The highest BCUT2D eigenvalue weighted by atomic mass is 19.1. The molecule has 1 atom stereocenters. The number of halogens is 2. The fraction of sp³-hybridized carbons (Fsp3) is 0.267. The molecule has 4 nitrogen and oxygen atoms in total. The van der Waals surface area contributed by atoms with Gasteiger partial charge in [0.2, 0.25) is 5.91 Å². The van der Waals surface area contributed by atoms with Crippen LogP contribution in [0.5, 0.6) is 0 Å². The van der Waals surface area contributed by atoms with Crippen LogP contribution in [-0.2, 0) is 11.3 Å². The summed E-state index contributed by atoms with van der Waals surface area (Å²) >= 11 is 0. The summed E-state index contributed by atoms with van der Waals surface area (Å²) in [5.74, 6) is -1.97. The predicted molar refractivity (Wildman–Crippen MR) is 73.3 cm³/mol. The molecule has 1 heterocycles. The second kappa shape index (κ2) is 6.49. The molecule has 0 bridgehead atoms. The molecule has 0 aliphatic carbocycles. The average molecular weight is 294 g/mol. The van der Waals surface area contributed by atoms with E-state index >= 15 is 0 Å².